The molecule has 9 heteroatoms. The van der Waals surface area contributed by atoms with E-state index in [0.717, 1.165) is 16.6 Å². The Hall–Kier alpha value is -3.99. The summed E-state index contributed by atoms with van der Waals surface area (Å²) in [7, 11) is 0. The van der Waals surface area contributed by atoms with E-state index in [4.69, 9.17) is 32.9 Å². The average Bonchev–Trinajstić information content (AvgIpc) is 2.87. The molecule has 0 saturated heterocycles. The first-order chi connectivity index (χ1) is 18.2. The van der Waals surface area contributed by atoms with E-state index in [1.807, 2.05) is 51.1 Å². The first-order valence-electron chi connectivity index (χ1n) is 11.9. The van der Waals surface area contributed by atoms with Gasteiger partial charge in [-0.3, -0.25) is 14.8 Å². The number of pyridine rings is 3. The third-order valence-corrected chi connectivity index (χ3v) is 6.40. The van der Waals surface area contributed by atoms with Gasteiger partial charge in [-0.25, -0.2) is 4.98 Å². The number of halogens is 2. The lowest BCUT2D eigenvalue weighted by Gasteiger charge is -2.16. The summed E-state index contributed by atoms with van der Waals surface area (Å²) in [5, 5.41) is 11.1. The Morgan fingerprint density at radius 3 is 2.66 bits per heavy atom. The highest BCUT2D eigenvalue weighted by molar-refractivity contribution is 6.32. The van der Waals surface area contributed by atoms with E-state index >= 15 is 0 Å². The van der Waals surface area contributed by atoms with Gasteiger partial charge >= 0.3 is 0 Å². The Bertz CT molecular complexity index is 1700. The highest BCUT2D eigenvalue weighted by Gasteiger charge is 2.17. The summed E-state index contributed by atoms with van der Waals surface area (Å²) in [5.74, 6) is 0.561. The summed E-state index contributed by atoms with van der Waals surface area (Å²) in [6, 6.07) is 14.5. The van der Waals surface area contributed by atoms with Crippen LogP contribution in [0.1, 0.15) is 47.6 Å². The van der Waals surface area contributed by atoms with E-state index in [9.17, 15) is 10.1 Å². The zero-order chi connectivity index (χ0) is 27.4. The minimum atomic E-state index is -0.393. The molecule has 0 bridgehead atoms. The molecular formula is C29H25Cl2N5O2. The summed E-state index contributed by atoms with van der Waals surface area (Å²) in [6.45, 7) is 7.62. The molecule has 0 saturated carbocycles. The van der Waals surface area contributed by atoms with Crippen LogP contribution in [0.15, 0.2) is 63.5 Å². The molecule has 0 N–H and O–H groups in total. The first-order valence-corrected chi connectivity index (χ1v) is 12.6. The zero-order valence-corrected chi connectivity index (χ0v) is 22.9. The summed E-state index contributed by atoms with van der Waals surface area (Å²) in [4.78, 5) is 26.5. The molecule has 3 aromatic heterocycles. The molecule has 4 aromatic rings. The number of para-hydroxylation sites is 1. The van der Waals surface area contributed by atoms with Crippen molar-refractivity contribution in [2.24, 2.45) is 4.99 Å². The van der Waals surface area contributed by atoms with Crippen molar-refractivity contribution in [3.63, 3.8) is 0 Å². The van der Waals surface area contributed by atoms with Gasteiger partial charge in [0.05, 0.1) is 23.0 Å². The fourth-order valence-electron chi connectivity index (χ4n) is 4.20. The van der Waals surface area contributed by atoms with Gasteiger partial charge in [0.1, 0.15) is 29.5 Å². The molecule has 7 nitrogen and oxygen atoms in total. The number of hydrogen-bond donors (Lipinski definition) is 0. The maximum atomic E-state index is 12.6. The normalized spacial score (nSPS) is 12.0. The lowest BCUT2D eigenvalue weighted by molar-refractivity contribution is 0.307. The number of benzene rings is 1. The monoisotopic (exact) mass is 545 g/mol. The highest BCUT2D eigenvalue weighted by Crippen LogP contribution is 2.34. The second-order valence-corrected chi connectivity index (χ2v) is 9.63. The van der Waals surface area contributed by atoms with Crippen LogP contribution in [0.3, 0.4) is 0 Å². The number of aromatic nitrogens is 3. The van der Waals surface area contributed by atoms with Crippen molar-refractivity contribution in [1.29, 1.82) is 5.26 Å². The van der Waals surface area contributed by atoms with Gasteiger partial charge in [0, 0.05) is 45.3 Å². The fourth-order valence-corrected chi connectivity index (χ4v) is 4.67. The summed E-state index contributed by atoms with van der Waals surface area (Å²) in [5.41, 5.74) is 4.58. The van der Waals surface area contributed by atoms with Gasteiger partial charge in [-0.15, -0.1) is 0 Å². The lowest BCUT2D eigenvalue weighted by Crippen LogP contribution is -2.23. The smallest absolute Gasteiger partial charge is 0.268 e. The predicted molar refractivity (Wildman–Crippen MR) is 152 cm³/mol. The molecule has 38 heavy (non-hydrogen) atoms. The van der Waals surface area contributed by atoms with Crippen molar-refractivity contribution < 1.29 is 4.74 Å². The second-order valence-electron chi connectivity index (χ2n) is 8.66. The molecule has 0 aliphatic carbocycles. The summed E-state index contributed by atoms with van der Waals surface area (Å²) in [6.07, 6.45) is 3.32. The molecule has 192 valence electrons. The number of nitriles is 1. The topological polar surface area (TPSA) is 93.2 Å². The predicted octanol–water partition coefficient (Wildman–Crippen LogP) is 6.58. The van der Waals surface area contributed by atoms with E-state index < -0.39 is 5.56 Å². The standard InChI is InChI=1S/C29H25Cl2N5O2/c1-5-33-27(19(4)30)22-12-17(2)35-28-21(22)9-6-10-26(28)38-16-23-24(31)13-18(3)34-25(23)15-36-11-7-8-20(14-32)29(36)37/h5-13H,15-16H2,1-4H3/b27-19+,33-5-. The number of rotatable bonds is 7. The molecule has 3 heterocycles. The van der Waals surface area contributed by atoms with Gasteiger partial charge in [-0.2, -0.15) is 5.26 Å². The van der Waals surface area contributed by atoms with Crippen LogP contribution in [0, 0.1) is 25.2 Å². The molecule has 0 aliphatic rings. The summed E-state index contributed by atoms with van der Waals surface area (Å²) >= 11 is 13.0. The van der Waals surface area contributed by atoms with E-state index in [0.29, 0.717) is 44.0 Å². The van der Waals surface area contributed by atoms with E-state index in [1.165, 1.54) is 10.6 Å². The molecule has 0 amide bonds. The van der Waals surface area contributed by atoms with Gasteiger partial charge in [0.15, 0.2) is 0 Å². The Labute approximate surface area is 230 Å². The minimum Gasteiger partial charge on any atom is -0.486 e. The Balaban J connectivity index is 1.76. The zero-order valence-electron chi connectivity index (χ0n) is 21.4. The molecule has 0 atom stereocenters. The number of hydrogen-bond acceptors (Lipinski definition) is 6. The number of aryl methyl sites for hydroxylation is 2. The molecule has 0 aliphatic heterocycles. The summed E-state index contributed by atoms with van der Waals surface area (Å²) < 4.78 is 7.71. The third-order valence-electron chi connectivity index (χ3n) is 5.89. The fraction of sp³-hybridized carbons (Fsp3) is 0.207. The molecule has 4 rings (SSSR count). The van der Waals surface area contributed by atoms with Gasteiger partial charge in [0.2, 0.25) is 0 Å². The Kier molecular flexibility index (Phi) is 8.26. The SMILES string of the molecule is C/C=N\C(=C(/C)Cl)c1cc(C)nc2c(OCc3c(Cl)cc(C)nc3Cn3cccc(C#N)c3=O)cccc12. The van der Waals surface area contributed by atoms with Crippen molar-refractivity contribution in [1.82, 2.24) is 14.5 Å². The van der Waals surface area contributed by atoms with Crippen molar-refractivity contribution in [3.8, 4) is 11.8 Å². The molecule has 0 spiro atoms. The van der Waals surface area contributed by atoms with Crippen LogP contribution in [0.25, 0.3) is 16.6 Å². The number of nitrogens with zero attached hydrogens (tertiary/aromatic N) is 5. The van der Waals surface area contributed by atoms with Crippen molar-refractivity contribution in [2.75, 3.05) is 0 Å². The molecule has 0 radical (unpaired) electrons. The van der Waals surface area contributed by atoms with Crippen molar-refractivity contribution in [2.45, 2.75) is 40.8 Å². The Morgan fingerprint density at radius 1 is 1.18 bits per heavy atom. The second kappa shape index (κ2) is 11.6. The average molecular weight is 546 g/mol. The van der Waals surface area contributed by atoms with Gasteiger partial charge in [-0.1, -0.05) is 35.3 Å². The van der Waals surface area contributed by atoms with Crippen molar-refractivity contribution >= 4 is 46.0 Å². The van der Waals surface area contributed by atoms with Crippen molar-refractivity contribution in [3.05, 3.63) is 103 Å². The number of fused-ring (bicyclic) bond motifs is 1. The minimum absolute atomic E-state index is 0.0602. The van der Waals surface area contributed by atoms with Crippen LogP contribution < -0.4 is 10.3 Å². The van der Waals surface area contributed by atoms with Crippen LogP contribution in [0.5, 0.6) is 5.75 Å². The number of aliphatic imine (C=N–C) groups is 1. The molecule has 0 fully saturated rings. The third kappa shape index (κ3) is 5.62. The van der Waals surface area contributed by atoms with E-state index in [1.54, 1.807) is 31.5 Å². The van der Waals surface area contributed by atoms with Crippen LogP contribution >= 0.6 is 23.2 Å². The van der Waals surface area contributed by atoms with E-state index in [-0.39, 0.29) is 18.7 Å². The van der Waals surface area contributed by atoms with Crippen LogP contribution in [-0.2, 0) is 13.2 Å². The number of allylic oxidation sites excluding steroid dienone is 1. The maximum absolute atomic E-state index is 12.6. The van der Waals surface area contributed by atoms with Gasteiger partial charge in [0.25, 0.3) is 5.56 Å². The first kappa shape index (κ1) is 27.1. The maximum Gasteiger partial charge on any atom is 0.268 e. The van der Waals surface area contributed by atoms with Crippen LogP contribution in [0.4, 0.5) is 0 Å². The number of ether oxygens (including phenoxy) is 1. The quantitative estimate of drug-likeness (QED) is 0.244. The lowest BCUT2D eigenvalue weighted by atomic mass is 10.0. The molecular weight excluding hydrogens is 521 g/mol. The van der Waals surface area contributed by atoms with Gasteiger partial charge in [-0.05, 0) is 58.0 Å². The van der Waals surface area contributed by atoms with Crippen LogP contribution in [0.2, 0.25) is 5.02 Å². The van der Waals surface area contributed by atoms with E-state index in [2.05, 4.69) is 9.98 Å². The van der Waals surface area contributed by atoms with Gasteiger partial charge < -0.3 is 9.30 Å². The molecule has 0 unspecified atom stereocenters. The van der Waals surface area contributed by atoms with Crippen LogP contribution in [-0.4, -0.2) is 20.7 Å². The highest BCUT2D eigenvalue weighted by atomic mass is 35.5. The Morgan fingerprint density at radius 2 is 1.95 bits per heavy atom. The molecule has 1 aromatic carbocycles. The largest absolute Gasteiger partial charge is 0.486 e.